The molecule has 0 aliphatic carbocycles. The van der Waals surface area contributed by atoms with Gasteiger partial charge in [-0.25, -0.2) is 0 Å². The minimum Gasteiger partial charge on any atom is -0.497 e. The summed E-state index contributed by atoms with van der Waals surface area (Å²) in [5, 5.41) is 5.80. The van der Waals surface area contributed by atoms with Crippen molar-refractivity contribution in [3.05, 3.63) is 88.9 Å². The number of hydrogen-bond donors (Lipinski definition) is 0. The molecule has 0 saturated carbocycles. The fraction of sp³-hybridized carbons (Fsp3) is 0.0909. The summed E-state index contributed by atoms with van der Waals surface area (Å²) in [6.45, 7) is 0. The van der Waals surface area contributed by atoms with Gasteiger partial charge in [0, 0.05) is 5.02 Å². The second-order valence-electron chi connectivity index (χ2n) is 5.97. The molecule has 4 rings (SSSR count). The van der Waals surface area contributed by atoms with E-state index < -0.39 is 0 Å². The van der Waals surface area contributed by atoms with Gasteiger partial charge in [-0.3, -0.25) is 0 Å². The van der Waals surface area contributed by atoms with E-state index in [-0.39, 0.29) is 0 Å². The highest BCUT2D eigenvalue weighted by Crippen LogP contribution is 2.32. The van der Waals surface area contributed by atoms with Crippen LogP contribution in [-0.2, 0) is 6.42 Å². The van der Waals surface area contributed by atoms with Crippen LogP contribution in [0.15, 0.2) is 72.8 Å². The molecule has 0 N–H and O–H groups in total. The lowest BCUT2D eigenvalue weighted by Crippen LogP contribution is -1.92. The second-order valence-corrected chi connectivity index (χ2v) is 6.41. The van der Waals surface area contributed by atoms with Crippen LogP contribution in [0.2, 0.25) is 5.02 Å². The third-order valence-corrected chi connectivity index (χ3v) is 4.71. The van der Waals surface area contributed by atoms with Crippen LogP contribution in [0.4, 0.5) is 0 Å². The van der Waals surface area contributed by atoms with E-state index in [0.29, 0.717) is 0 Å². The molecule has 0 amide bonds. The number of benzene rings is 4. The highest BCUT2D eigenvalue weighted by atomic mass is 35.5. The summed E-state index contributed by atoms with van der Waals surface area (Å²) < 4.78 is 5.44. The maximum Gasteiger partial charge on any atom is 0.119 e. The number of fused-ring (bicyclic) bond motifs is 3. The Labute approximate surface area is 146 Å². The highest BCUT2D eigenvalue weighted by Gasteiger charge is 2.09. The molecule has 1 nitrogen and oxygen atoms in total. The molecular weight excluding hydrogens is 316 g/mol. The van der Waals surface area contributed by atoms with Gasteiger partial charge in [0.15, 0.2) is 0 Å². The van der Waals surface area contributed by atoms with E-state index in [0.717, 1.165) is 17.2 Å². The molecule has 0 unspecified atom stereocenters. The van der Waals surface area contributed by atoms with E-state index in [1.807, 2.05) is 18.2 Å². The van der Waals surface area contributed by atoms with Crippen molar-refractivity contribution < 1.29 is 4.74 Å². The third-order valence-electron chi connectivity index (χ3n) is 4.46. The fourth-order valence-electron chi connectivity index (χ4n) is 3.25. The number of rotatable bonds is 3. The van der Waals surface area contributed by atoms with Crippen molar-refractivity contribution in [2.45, 2.75) is 6.42 Å². The molecule has 0 fully saturated rings. The summed E-state index contributed by atoms with van der Waals surface area (Å²) in [6, 6.07) is 25.2. The van der Waals surface area contributed by atoms with Crippen molar-refractivity contribution in [1.29, 1.82) is 0 Å². The van der Waals surface area contributed by atoms with Crippen LogP contribution in [0.5, 0.6) is 5.75 Å². The standard InChI is InChI=1S/C22H17ClO/c1-24-19-10-11-21-20-5-3-2-4-16(20)13-17(22(21)14-19)12-15-6-8-18(23)9-7-15/h2-11,13-14H,12H2,1H3. The summed E-state index contributed by atoms with van der Waals surface area (Å²) in [4.78, 5) is 0. The molecule has 0 bridgehead atoms. The Morgan fingerprint density at radius 1 is 0.792 bits per heavy atom. The van der Waals surface area contributed by atoms with Gasteiger partial charge in [0.25, 0.3) is 0 Å². The SMILES string of the molecule is COc1ccc2c(c1)c(Cc1ccc(Cl)cc1)cc1ccccc12. The van der Waals surface area contributed by atoms with E-state index in [2.05, 4.69) is 54.6 Å². The molecule has 118 valence electrons. The van der Waals surface area contributed by atoms with E-state index in [4.69, 9.17) is 16.3 Å². The van der Waals surface area contributed by atoms with Gasteiger partial charge >= 0.3 is 0 Å². The molecule has 0 saturated heterocycles. The largest absolute Gasteiger partial charge is 0.497 e. The Bertz CT molecular complexity index is 1020. The molecule has 0 heterocycles. The van der Waals surface area contributed by atoms with Crippen LogP contribution >= 0.6 is 11.6 Å². The summed E-state index contributed by atoms with van der Waals surface area (Å²) >= 11 is 6.01. The molecule has 0 spiro atoms. The molecule has 4 aromatic rings. The number of methoxy groups -OCH3 is 1. The second kappa shape index (κ2) is 6.18. The zero-order valence-corrected chi connectivity index (χ0v) is 14.2. The Morgan fingerprint density at radius 2 is 1.58 bits per heavy atom. The predicted molar refractivity (Wildman–Crippen MR) is 102 cm³/mol. The van der Waals surface area contributed by atoms with Gasteiger partial charge in [0.05, 0.1) is 7.11 Å². The first-order chi connectivity index (χ1) is 11.7. The zero-order chi connectivity index (χ0) is 16.5. The predicted octanol–water partition coefficient (Wildman–Crippen LogP) is 6.25. The Hall–Kier alpha value is -2.51. The van der Waals surface area contributed by atoms with Crippen molar-refractivity contribution >= 4 is 33.1 Å². The number of ether oxygens (including phenoxy) is 1. The van der Waals surface area contributed by atoms with Crippen LogP contribution in [0.1, 0.15) is 11.1 Å². The smallest absolute Gasteiger partial charge is 0.119 e. The normalized spacial score (nSPS) is 11.1. The Morgan fingerprint density at radius 3 is 2.38 bits per heavy atom. The molecule has 4 aromatic carbocycles. The molecule has 0 radical (unpaired) electrons. The van der Waals surface area contributed by atoms with Crippen molar-refractivity contribution in [3.8, 4) is 5.75 Å². The summed E-state index contributed by atoms with van der Waals surface area (Å²) in [5.41, 5.74) is 2.55. The highest BCUT2D eigenvalue weighted by molar-refractivity contribution is 6.30. The number of hydrogen-bond acceptors (Lipinski definition) is 1. The molecule has 0 aliphatic heterocycles. The molecule has 0 atom stereocenters. The average molecular weight is 333 g/mol. The first-order valence-corrected chi connectivity index (χ1v) is 8.35. The minimum atomic E-state index is 0.767. The monoisotopic (exact) mass is 332 g/mol. The van der Waals surface area contributed by atoms with Gasteiger partial charge in [0.1, 0.15) is 5.75 Å². The lowest BCUT2D eigenvalue weighted by molar-refractivity contribution is 0.415. The van der Waals surface area contributed by atoms with Gasteiger partial charge in [-0.15, -0.1) is 0 Å². The Balaban J connectivity index is 1.95. The molecule has 24 heavy (non-hydrogen) atoms. The van der Waals surface area contributed by atoms with Crippen molar-refractivity contribution in [2.24, 2.45) is 0 Å². The molecule has 0 aliphatic rings. The quantitative estimate of drug-likeness (QED) is 0.403. The lowest BCUT2D eigenvalue weighted by Gasteiger charge is -2.12. The number of halogens is 1. The van der Waals surface area contributed by atoms with Crippen LogP contribution in [0.3, 0.4) is 0 Å². The van der Waals surface area contributed by atoms with E-state index in [1.165, 1.54) is 32.7 Å². The first-order valence-electron chi connectivity index (χ1n) is 7.97. The third kappa shape index (κ3) is 2.72. The van der Waals surface area contributed by atoms with Gasteiger partial charge in [0.2, 0.25) is 0 Å². The average Bonchev–Trinajstić information content (AvgIpc) is 2.63. The van der Waals surface area contributed by atoms with Crippen LogP contribution < -0.4 is 4.74 Å². The molecule has 0 aromatic heterocycles. The summed E-state index contributed by atoms with van der Waals surface area (Å²) in [7, 11) is 1.71. The summed E-state index contributed by atoms with van der Waals surface area (Å²) in [5.74, 6) is 0.884. The van der Waals surface area contributed by atoms with Crippen LogP contribution in [0.25, 0.3) is 21.5 Å². The van der Waals surface area contributed by atoms with Gasteiger partial charge in [-0.1, -0.05) is 60.1 Å². The van der Waals surface area contributed by atoms with E-state index >= 15 is 0 Å². The molecule has 2 heteroatoms. The van der Waals surface area contributed by atoms with E-state index in [9.17, 15) is 0 Å². The topological polar surface area (TPSA) is 9.23 Å². The van der Waals surface area contributed by atoms with Gasteiger partial charge < -0.3 is 4.74 Å². The van der Waals surface area contributed by atoms with Crippen molar-refractivity contribution in [1.82, 2.24) is 0 Å². The van der Waals surface area contributed by atoms with Crippen molar-refractivity contribution in [2.75, 3.05) is 7.11 Å². The van der Waals surface area contributed by atoms with Crippen molar-refractivity contribution in [3.63, 3.8) is 0 Å². The van der Waals surface area contributed by atoms with Gasteiger partial charge in [-0.2, -0.15) is 0 Å². The maximum atomic E-state index is 6.01. The Kier molecular flexibility index (Phi) is 3.87. The summed E-state index contributed by atoms with van der Waals surface area (Å²) in [6.07, 6.45) is 0.867. The van der Waals surface area contributed by atoms with Gasteiger partial charge in [-0.05, 0) is 63.4 Å². The zero-order valence-electron chi connectivity index (χ0n) is 13.4. The maximum absolute atomic E-state index is 6.01. The fourth-order valence-corrected chi connectivity index (χ4v) is 3.38. The first kappa shape index (κ1) is 15.0. The molecular formula is C22H17ClO. The van der Waals surface area contributed by atoms with Crippen LogP contribution in [0, 0.1) is 0 Å². The van der Waals surface area contributed by atoms with E-state index in [1.54, 1.807) is 7.11 Å². The van der Waals surface area contributed by atoms with Crippen LogP contribution in [-0.4, -0.2) is 7.11 Å². The lowest BCUT2D eigenvalue weighted by atomic mass is 9.93. The minimum absolute atomic E-state index is 0.767.